The van der Waals surface area contributed by atoms with Gasteiger partial charge in [-0.05, 0) is 91.3 Å². The van der Waals surface area contributed by atoms with Crippen LogP contribution in [-0.2, 0) is 25.7 Å². The summed E-state index contributed by atoms with van der Waals surface area (Å²) in [5.74, 6) is 1.58. The van der Waals surface area contributed by atoms with Gasteiger partial charge in [0.05, 0.1) is 48.2 Å². The van der Waals surface area contributed by atoms with Gasteiger partial charge in [0.15, 0.2) is 0 Å². The molecule has 5 heterocycles. The lowest BCUT2D eigenvalue weighted by Crippen LogP contribution is -2.54. The number of rotatable bonds is 10. The molecule has 0 aliphatic carbocycles. The monoisotopic (exact) mass is 820 g/mol. The molecule has 60 heavy (non-hydrogen) atoms. The van der Waals surface area contributed by atoms with E-state index in [2.05, 4.69) is 57.9 Å². The molecular weight excluding hydrogens is 769 g/mol. The van der Waals surface area contributed by atoms with E-state index in [0.29, 0.717) is 37.6 Å². The highest BCUT2D eigenvalue weighted by Gasteiger charge is 2.42. The summed E-state index contributed by atoms with van der Waals surface area (Å²) in [4.78, 5) is 71.7. The van der Waals surface area contributed by atoms with Gasteiger partial charge in [0.25, 0.3) is 0 Å². The van der Waals surface area contributed by atoms with Crippen LogP contribution in [0.25, 0.3) is 44.2 Å². The average molecular weight is 821 g/mol. The van der Waals surface area contributed by atoms with Crippen LogP contribution in [0.5, 0.6) is 5.75 Å². The first kappa shape index (κ1) is 40.6. The lowest BCUT2D eigenvalue weighted by molar-refractivity contribution is -0.138. The molecule has 0 radical (unpaired) electrons. The largest absolute Gasteiger partial charge is 0.488 e. The summed E-state index contributed by atoms with van der Waals surface area (Å²) in [5, 5.41) is 16.4. The molecule has 16 heteroatoms. The van der Waals surface area contributed by atoms with Gasteiger partial charge in [-0.1, -0.05) is 39.0 Å². The van der Waals surface area contributed by atoms with E-state index in [0.717, 1.165) is 61.9 Å². The Morgan fingerprint density at radius 1 is 0.917 bits per heavy atom. The van der Waals surface area contributed by atoms with E-state index in [1.165, 1.54) is 14.2 Å². The van der Waals surface area contributed by atoms with Gasteiger partial charge in [-0.3, -0.25) is 9.59 Å². The topological polar surface area (TPSA) is 204 Å². The molecule has 2 aromatic heterocycles. The Morgan fingerprint density at radius 3 is 2.45 bits per heavy atom. The van der Waals surface area contributed by atoms with Gasteiger partial charge in [0, 0.05) is 30.6 Å². The van der Waals surface area contributed by atoms with Crippen LogP contribution in [0.4, 0.5) is 9.59 Å². The fraction of sp³-hybridized carbons (Fsp3) is 0.455. The van der Waals surface area contributed by atoms with Crippen molar-refractivity contribution in [2.24, 2.45) is 11.8 Å². The summed E-state index contributed by atoms with van der Waals surface area (Å²) < 4.78 is 16.6. The zero-order valence-electron chi connectivity index (χ0n) is 34.9. The summed E-state index contributed by atoms with van der Waals surface area (Å²) in [7, 11) is 2.76. The Morgan fingerprint density at radius 2 is 1.72 bits per heavy atom. The zero-order chi connectivity index (χ0) is 42.6. The molecule has 3 aliphatic rings. The number of alkyl carbamates (subject to hydrolysis) is 1. The number of nitrogens with one attached hydrogen (secondary N) is 4. The third-order valence-electron chi connectivity index (χ3n) is 12.4. The summed E-state index contributed by atoms with van der Waals surface area (Å²) >= 11 is 0. The smallest absolute Gasteiger partial charge is 0.407 e. The van der Waals surface area contributed by atoms with Crippen molar-refractivity contribution in [3.05, 3.63) is 65.9 Å². The van der Waals surface area contributed by atoms with E-state index in [9.17, 15) is 24.3 Å². The number of carbonyl (C=O) groups is 4. The lowest BCUT2D eigenvalue weighted by atomic mass is 9.92. The number of amides is 4. The van der Waals surface area contributed by atoms with Crippen LogP contribution < -0.4 is 15.4 Å². The van der Waals surface area contributed by atoms with Crippen molar-refractivity contribution in [1.29, 1.82) is 0 Å². The number of hydrogen-bond acceptors (Lipinski definition) is 9. The van der Waals surface area contributed by atoms with E-state index in [4.69, 9.17) is 24.2 Å². The standard InChI is InChI=1S/C44H52N8O8/c1-21(2)36(49-43(55)56)42(54)52-23(4)8-13-33(52)40-46-31-12-10-25-16-30-28-11-9-26(15-27(28)20-60-35(30)17-29(25)38(31)48-40)32-18-45-39(47-32)34-14-22(3)19-51(34)41(53)37(24(5)58-6)50-44(57)59-7/h9-12,15-18,21-24,33-34,36-37,49H,8,13-14,19-20H2,1-7H3,(H,45,47)(H,46,48)(H,50,57)(H,55,56)/t22-,23-,24+,33-,34-,36-,37-/m0/s1. The van der Waals surface area contributed by atoms with Crippen LogP contribution in [0, 0.1) is 11.8 Å². The molecule has 0 saturated carbocycles. The zero-order valence-corrected chi connectivity index (χ0v) is 34.9. The Hall–Kier alpha value is -6.16. The van der Waals surface area contributed by atoms with Crippen LogP contribution in [-0.4, -0.2) is 104 Å². The molecule has 3 aliphatic heterocycles. The molecule has 5 aromatic rings. The molecule has 16 nitrogen and oxygen atoms in total. The number of ether oxygens (including phenoxy) is 3. The number of carbonyl (C=O) groups excluding carboxylic acids is 3. The fourth-order valence-corrected chi connectivity index (χ4v) is 9.14. The number of hydrogen-bond donors (Lipinski definition) is 5. The van der Waals surface area contributed by atoms with Gasteiger partial charge in [0.2, 0.25) is 11.8 Å². The Kier molecular flexibility index (Phi) is 10.9. The number of methoxy groups -OCH3 is 2. The number of likely N-dealkylation sites (tertiary alicyclic amines) is 2. The number of fused-ring (bicyclic) bond motifs is 6. The summed E-state index contributed by atoms with van der Waals surface area (Å²) in [5.41, 5.74) is 6.41. The first-order chi connectivity index (χ1) is 28.8. The summed E-state index contributed by atoms with van der Waals surface area (Å²) in [6.45, 7) is 10.4. The maximum Gasteiger partial charge on any atom is 0.407 e. The molecule has 316 valence electrons. The third-order valence-corrected chi connectivity index (χ3v) is 12.4. The summed E-state index contributed by atoms with van der Waals surface area (Å²) in [6.07, 6.45) is 1.48. The minimum atomic E-state index is -1.22. The van der Waals surface area contributed by atoms with Gasteiger partial charge in [-0.15, -0.1) is 0 Å². The number of aromatic amines is 2. The van der Waals surface area contributed by atoms with Crippen LogP contribution in [0.15, 0.2) is 48.7 Å². The first-order valence-corrected chi connectivity index (χ1v) is 20.5. The molecule has 0 unspecified atom stereocenters. The molecule has 4 amide bonds. The Bertz CT molecular complexity index is 2480. The molecule has 8 rings (SSSR count). The van der Waals surface area contributed by atoms with Crippen LogP contribution in [0.2, 0.25) is 0 Å². The van der Waals surface area contributed by atoms with Crippen molar-refractivity contribution in [2.45, 2.75) is 96.8 Å². The van der Waals surface area contributed by atoms with Crippen LogP contribution >= 0.6 is 0 Å². The number of H-pyrrole nitrogens is 2. The van der Waals surface area contributed by atoms with Crippen molar-refractivity contribution in [2.75, 3.05) is 20.8 Å². The van der Waals surface area contributed by atoms with E-state index >= 15 is 0 Å². The quantitative estimate of drug-likeness (QED) is 0.101. The van der Waals surface area contributed by atoms with Crippen molar-refractivity contribution < 1.29 is 38.5 Å². The van der Waals surface area contributed by atoms with Crippen molar-refractivity contribution in [1.82, 2.24) is 40.4 Å². The van der Waals surface area contributed by atoms with E-state index in [1.807, 2.05) is 32.9 Å². The molecular formula is C44H52N8O8. The number of carboxylic acid groups (broad SMARTS) is 1. The van der Waals surface area contributed by atoms with Crippen LogP contribution in [0.1, 0.15) is 83.2 Å². The van der Waals surface area contributed by atoms with Gasteiger partial charge >= 0.3 is 12.2 Å². The number of aromatic nitrogens is 4. The van der Waals surface area contributed by atoms with E-state index < -0.39 is 30.4 Å². The maximum absolute atomic E-state index is 13.9. The highest BCUT2D eigenvalue weighted by atomic mass is 16.5. The molecule has 2 fully saturated rings. The third kappa shape index (κ3) is 7.37. The number of imidazole rings is 2. The first-order valence-electron chi connectivity index (χ1n) is 20.5. The van der Waals surface area contributed by atoms with Gasteiger partial charge < -0.3 is 49.7 Å². The molecule has 3 aromatic carbocycles. The van der Waals surface area contributed by atoms with Crippen molar-refractivity contribution >= 4 is 45.8 Å². The fourth-order valence-electron chi connectivity index (χ4n) is 9.14. The molecule has 5 N–H and O–H groups in total. The van der Waals surface area contributed by atoms with Crippen molar-refractivity contribution in [3.8, 4) is 28.1 Å². The molecule has 0 bridgehead atoms. The molecule has 7 atom stereocenters. The Labute approximate surface area is 347 Å². The average Bonchev–Trinajstić information content (AvgIpc) is 4.05. The normalized spacial score (nSPS) is 21.3. The molecule has 2 saturated heterocycles. The van der Waals surface area contributed by atoms with Crippen molar-refractivity contribution in [3.63, 3.8) is 0 Å². The van der Waals surface area contributed by atoms with Gasteiger partial charge in [-0.2, -0.15) is 0 Å². The second-order valence-corrected chi connectivity index (χ2v) is 16.8. The predicted molar refractivity (Wildman–Crippen MR) is 223 cm³/mol. The summed E-state index contributed by atoms with van der Waals surface area (Å²) in [6, 6.07) is 12.0. The minimum absolute atomic E-state index is 0.0701. The minimum Gasteiger partial charge on any atom is -0.488 e. The van der Waals surface area contributed by atoms with Crippen LogP contribution in [0.3, 0.4) is 0 Å². The van der Waals surface area contributed by atoms with E-state index in [1.54, 1.807) is 22.9 Å². The van der Waals surface area contributed by atoms with Gasteiger partial charge in [0.1, 0.15) is 36.1 Å². The molecule has 0 spiro atoms. The second-order valence-electron chi connectivity index (χ2n) is 16.8. The van der Waals surface area contributed by atoms with E-state index in [-0.39, 0.29) is 41.8 Å². The Balaban J connectivity index is 1.05. The predicted octanol–water partition coefficient (Wildman–Crippen LogP) is 6.68. The van der Waals surface area contributed by atoms with Gasteiger partial charge in [-0.25, -0.2) is 19.6 Å². The highest BCUT2D eigenvalue weighted by Crippen LogP contribution is 2.44. The highest BCUT2D eigenvalue weighted by molar-refractivity contribution is 6.07. The number of benzene rings is 3. The second kappa shape index (κ2) is 16.1. The number of nitrogens with zero attached hydrogens (tertiary/aromatic N) is 4. The maximum atomic E-state index is 13.9. The SMILES string of the molecule is COC(=O)N[C@H](C(=O)N1C[C@@H](C)C[C@H]1c1ncc(-c2ccc3c(c2)COc2cc4c(ccc5[nH]c([C@@H]6CC[C@H](C)N6C(=O)[C@@H](NC(=O)O)C(C)C)nc54)cc2-3)[nH]1)[C@@H](C)OC. The lowest BCUT2D eigenvalue weighted by Gasteiger charge is -2.32.